The molecule has 116 valence electrons. The van der Waals surface area contributed by atoms with Crippen LogP contribution in [0.4, 0.5) is 0 Å². The highest BCUT2D eigenvalue weighted by Gasteiger charge is 2.13. The molecule has 5 N–H and O–H groups in total. The van der Waals surface area contributed by atoms with Crippen LogP contribution < -0.4 is 16.8 Å². The Balaban J connectivity index is 3.00. The highest BCUT2D eigenvalue weighted by molar-refractivity contribution is 5.98. The van der Waals surface area contributed by atoms with Gasteiger partial charge in [-0.3, -0.25) is 4.79 Å². The Hall–Kier alpha value is -2.62. The molecule has 6 nitrogen and oxygen atoms in total. The van der Waals surface area contributed by atoms with E-state index in [-0.39, 0.29) is 12.5 Å². The fraction of sp³-hybridized carbons (Fsp3) is 0.250. The van der Waals surface area contributed by atoms with Gasteiger partial charge in [0.15, 0.2) is 0 Å². The van der Waals surface area contributed by atoms with Gasteiger partial charge in [-0.1, -0.05) is 24.0 Å². The van der Waals surface area contributed by atoms with Crippen molar-refractivity contribution in [2.75, 3.05) is 26.7 Å². The molecule has 0 fully saturated rings. The first-order valence-corrected chi connectivity index (χ1v) is 6.68. The molecule has 1 amide bonds. The third-order valence-corrected chi connectivity index (χ3v) is 2.70. The van der Waals surface area contributed by atoms with Crippen LogP contribution in [0.2, 0.25) is 0 Å². The Morgan fingerprint density at radius 3 is 2.73 bits per heavy atom. The first-order valence-electron chi connectivity index (χ1n) is 6.68. The molecule has 0 atom stereocenters. The molecular weight excluding hydrogens is 282 g/mol. The molecule has 6 heteroatoms. The van der Waals surface area contributed by atoms with E-state index in [0.717, 1.165) is 0 Å². The minimum atomic E-state index is -0.515. The lowest BCUT2D eigenvalue weighted by atomic mass is 10.0. The molecule has 22 heavy (non-hydrogen) atoms. The van der Waals surface area contributed by atoms with Crippen molar-refractivity contribution in [1.29, 1.82) is 0 Å². The van der Waals surface area contributed by atoms with Crippen LogP contribution in [0.15, 0.2) is 30.4 Å². The molecule has 0 aliphatic carbocycles. The van der Waals surface area contributed by atoms with E-state index in [4.69, 9.17) is 11.5 Å². The number of esters is 1. The summed E-state index contributed by atoms with van der Waals surface area (Å²) in [7, 11) is 1.28. The fourth-order valence-corrected chi connectivity index (χ4v) is 1.66. The summed E-state index contributed by atoms with van der Waals surface area (Å²) in [6, 6.07) is 4.59. The Morgan fingerprint density at radius 1 is 1.32 bits per heavy atom. The number of methoxy groups -OCH3 is 1. The van der Waals surface area contributed by atoms with Gasteiger partial charge in [0.05, 0.1) is 19.2 Å². The first kappa shape index (κ1) is 17.4. The smallest absolute Gasteiger partial charge is 0.339 e. The summed E-state index contributed by atoms with van der Waals surface area (Å²) in [5, 5.41) is 2.71. The van der Waals surface area contributed by atoms with Gasteiger partial charge in [-0.05, 0) is 18.2 Å². The van der Waals surface area contributed by atoms with E-state index in [1.165, 1.54) is 19.2 Å². The molecule has 0 spiro atoms. The van der Waals surface area contributed by atoms with Crippen LogP contribution in [0.25, 0.3) is 0 Å². The molecule has 1 rings (SSSR count). The van der Waals surface area contributed by atoms with Gasteiger partial charge in [0.2, 0.25) is 0 Å². The van der Waals surface area contributed by atoms with Crippen molar-refractivity contribution < 1.29 is 14.3 Å². The fourth-order valence-electron chi connectivity index (χ4n) is 1.66. The predicted octanol–water partition coefficient (Wildman–Crippen LogP) is 0.0281. The zero-order valence-electron chi connectivity index (χ0n) is 12.4. The van der Waals surface area contributed by atoms with Gasteiger partial charge in [0.1, 0.15) is 0 Å². The number of hydrogen-bond donors (Lipinski definition) is 3. The number of nitrogens with one attached hydrogen (secondary N) is 1. The van der Waals surface area contributed by atoms with Gasteiger partial charge in [-0.2, -0.15) is 0 Å². The van der Waals surface area contributed by atoms with Crippen LogP contribution in [0.1, 0.15) is 26.3 Å². The van der Waals surface area contributed by atoms with Gasteiger partial charge in [-0.25, -0.2) is 4.79 Å². The van der Waals surface area contributed by atoms with Gasteiger partial charge in [0, 0.05) is 24.2 Å². The summed E-state index contributed by atoms with van der Waals surface area (Å²) in [5.41, 5.74) is 11.8. The second-order valence-corrected chi connectivity index (χ2v) is 4.17. The summed E-state index contributed by atoms with van der Waals surface area (Å²) >= 11 is 0. The monoisotopic (exact) mass is 301 g/mol. The third kappa shape index (κ3) is 5.05. The maximum Gasteiger partial charge on any atom is 0.339 e. The summed E-state index contributed by atoms with van der Waals surface area (Å²) in [6.45, 7) is 0.946. The number of carbonyl (C=O) groups is 2. The van der Waals surface area contributed by atoms with Gasteiger partial charge < -0.3 is 21.5 Å². The highest BCUT2D eigenvalue weighted by Crippen LogP contribution is 2.12. The molecule has 0 aliphatic heterocycles. The number of nitrogens with two attached hydrogens (primary N) is 2. The number of hydrogen-bond acceptors (Lipinski definition) is 5. The second-order valence-electron chi connectivity index (χ2n) is 4.17. The Bertz CT molecular complexity index is 627. The lowest BCUT2D eigenvalue weighted by Gasteiger charge is -2.06. The molecule has 0 heterocycles. The molecule has 0 bridgehead atoms. The zero-order valence-corrected chi connectivity index (χ0v) is 12.4. The van der Waals surface area contributed by atoms with Crippen LogP contribution in [-0.2, 0) is 4.74 Å². The summed E-state index contributed by atoms with van der Waals surface area (Å²) in [4.78, 5) is 23.7. The van der Waals surface area contributed by atoms with Gasteiger partial charge >= 0.3 is 5.97 Å². The van der Waals surface area contributed by atoms with E-state index in [2.05, 4.69) is 21.9 Å². The van der Waals surface area contributed by atoms with Gasteiger partial charge in [-0.15, -0.1) is 0 Å². The van der Waals surface area contributed by atoms with E-state index in [1.807, 2.05) is 0 Å². The standard InChI is InChI=1S/C16H19N3O3/c1-22-16(21)14-7-6-13(11-12(14)5-4-9-18)15(20)19-10-3-2-8-17/h2-3,6-7,11H,8-10,17-18H2,1H3,(H,19,20)/b3-2-. The predicted molar refractivity (Wildman–Crippen MR) is 84.2 cm³/mol. The minimum Gasteiger partial charge on any atom is -0.465 e. The number of rotatable bonds is 5. The molecule has 0 aliphatic rings. The lowest BCUT2D eigenvalue weighted by Crippen LogP contribution is -2.23. The van der Waals surface area contributed by atoms with Crippen molar-refractivity contribution in [3.8, 4) is 11.8 Å². The molecule has 1 aromatic rings. The Kier molecular flexibility index (Phi) is 7.40. The second kappa shape index (κ2) is 9.34. The summed E-state index contributed by atoms with van der Waals surface area (Å²) in [6.07, 6.45) is 3.51. The van der Waals surface area contributed by atoms with Gasteiger partial charge in [0.25, 0.3) is 5.91 Å². The van der Waals surface area contributed by atoms with E-state index >= 15 is 0 Å². The quantitative estimate of drug-likeness (QED) is 0.404. The van der Waals surface area contributed by atoms with Crippen LogP contribution in [0, 0.1) is 11.8 Å². The topological polar surface area (TPSA) is 107 Å². The molecule has 0 radical (unpaired) electrons. The molecule has 0 saturated heterocycles. The first-order chi connectivity index (χ1) is 10.6. The molecule has 1 aromatic carbocycles. The third-order valence-electron chi connectivity index (χ3n) is 2.70. The minimum absolute atomic E-state index is 0.154. The Morgan fingerprint density at radius 2 is 2.09 bits per heavy atom. The van der Waals surface area contributed by atoms with Crippen LogP contribution in [0.5, 0.6) is 0 Å². The average Bonchev–Trinajstić information content (AvgIpc) is 2.55. The molecular formula is C16H19N3O3. The molecule has 0 unspecified atom stereocenters. The highest BCUT2D eigenvalue weighted by atomic mass is 16.5. The summed E-state index contributed by atoms with van der Waals surface area (Å²) in [5.74, 6) is 4.65. The van der Waals surface area contributed by atoms with E-state index in [9.17, 15) is 9.59 Å². The zero-order chi connectivity index (χ0) is 16.4. The van der Waals surface area contributed by atoms with Crippen molar-refractivity contribution in [3.05, 3.63) is 47.0 Å². The van der Waals surface area contributed by atoms with E-state index in [1.54, 1.807) is 18.2 Å². The number of benzene rings is 1. The maximum atomic E-state index is 12.0. The lowest BCUT2D eigenvalue weighted by molar-refractivity contribution is 0.0600. The van der Waals surface area contributed by atoms with Crippen molar-refractivity contribution in [1.82, 2.24) is 5.32 Å². The maximum absolute atomic E-state index is 12.0. The number of amides is 1. The number of carbonyl (C=O) groups excluding carboxylic acids is 2. The van der Waals surface area contributed by atoms with E-state index in [0.29, 0.717) is 29.8 Å². The van der Waals surface area contributed by atoms with Crippen LogP contribution in [0.3, 0.4) is 0 Å². The van der Waals surface area contributed by atoms with Crippen molar-refractivity contribution in [2.24, 2.45) is 11.5 Å². The number of ether oxygens (including phenoxy) is 1. The van der Waals surface area contributed by atoms with Crippen LogP contribution >= 0.6 is 0 Å². The van der Waals surface area contributed by atoms with Crippen molar-refractivity contribution in [2.45, 2.75) is 0 Å². The Labute approximate surface area is 129 Å². The molecule has 0 aromatic heterocycles. The van der Waals surface area contributed by atoms with E-state index < -0.39 is 5.97 Å². The van der Waals surface area contributed by atoms with Crippen molar-refractivity contribution >= 4 is 11.9 Å². The summed E-state index contributed by atoms with van der Waals surface area (Å²) < 4.78 is 4.69. The van der Waals surface area contributed by atoms with Crippen LogP contribution in [-0.4, -0.2) is 38.6 Å². The normalized spacial score (nSPS) is 9.95. The molecule has 0 saturated carbocycles. The largest absolute Gasteiger partial charge is 0.465 e. The average molecular weight is 301 g/mol. The SMILES string of the molecule is COC(=O)c1ccc(C(=O)NC/C=C\CN)cc1C#CCN. The van der Waals surface area contributed by atoms with Crippen molar-refractivity contribution in [3.63, 3.8) is 0 Å².